The summed E-state index contributed by atoms with van der Waals surface area (Å²) in [6.07, 6.45) is -0.0631. The molecule has 0 spiro atoms. The molecule has 29 heavy (non-hydrogen) atoms. The van der Waals surface area contributed by atoms with Crippen LogP contribution in [0.3, 0.4) is 0 Å². The van der Waals surface area contributed by atoms with Crippen LogP contribution in [0.15, 0.2) is 29.3 Å². The Kier molecular flexibility index (Phi) is 5.57. The van der Waals surface area contributed by atoms with Gasteiger partial charge in [0, 0.05) is 30.1 Å². The van der Waals surface area contributed by atoms with Gasteiger partial charge in [-0.15, -0.1) is 11.8 Å². The summed E-state index contributed by atoms with van der Waals surface area (Å²) in [7, 11) is 0. The van der Waals surface area contributed by atoms with Crippen LogP contribution in [0, 0.1) is 28.6 Å². The molecule has 1 aliphatic heterocycles. The van der Waals surface area contributed by atoms with Crippen LogP contribution in [-0.4, -0.2) is 36.2 Å². The fraction of sp³-hybridized carbons (Fsp3) is 0.381. The minimum Gasteiger partial charge on any atom is -0.490 e. The Bertz CT molecular complexity index is 990. The lowest BCUT2D eigenvalue weighted by molar-refractivity contribution is -0.0196. The Hall–Kier alpha value is -2.81. The average Bonchev–Trinajstić information content (AvgIpc) is 2.65. The maximum Gasteiger partial charge on any atom is 0.143 e. The highest BCUT2D eigenvalue weighted by Gasteiger charge is 2.30. The minimum atomic E-state index is -0.780. The van der Waals surface area contributed by atoms with Gasteiger partial charge < -0.3 is 15.2 Å². The molecule has 0 bridgehead atoms. The van der Waals surface area contributed by atoms with Crippen molar-refractivity contribution in [2.24, 2.45) is 5.92 Å². The number of hydrogen-bond donors (Lipinski definition) is 1. The molecule has 2 fully saturated rings. The third-order valence-corrected chi connectivity index (χ3v) is 6.27. The normalized spacial score (nSPS) is 20.8. The minimum absolute atomic E-state index is 0.102. The monoisotopic (exact) mass is 410 g/mol. The molecule has 8 heteroatoms. The topological polar surface area (TPSA) is 105 Å². The van der Waals surface area contributed by atoms with Crippen LogP contribution in [0.25, 0.3) is 11.1 Å². The second kappa shape index (κ2) is 8.28. The first-order chi connectivity index (χ1) is 14.1. The number of halogens is 1. The van der Waals surface area contributed by atoms with Gasteiger partial charge in [0.2, 0.25) is 0 Å². The molecule has 1 aromatic carbocycles. The van der Waals surface area contributed by atoms with E-state index in [1.807, 2.05) is 0 Å². The molecule has 1 saturated heterocycles. The first-order valence-corrected chi connectivity index (χ1v) is 10.3. The molecule has 2 heterocycles. The molecule has 0 amide bonds. The zero-order valence-corrected chi connectivity index (χ0v) is 16.4. The molecular formula is C21H19FN4O2S. The third-order valence-electron chi connectivity index (χ3n) is 5.06. The predicted molar refractivity (Wildman–Crippen MR) is 107 cm³/mol. The molecule has 2 aromatic rings. The van der Waals surface area contributed by atoms with Crippen molar-refractivity contribution in [1.29, 1.82) is 10.5 Å². The average molecular weight is 410 g/mol. The smallest absolute Gasteiger partial charge is 0.143 e. The largest absolute Gasteiger partial charge is 0.490 e. The SMILES string of the molecule is N#Cc1c(N)nc(SCC2COC2)c(C#N)c1-c1ccc(OC2CC(F)C2)cc1. The van der Waals surface area contributed by atoms with E-state index >= 15 is 0 Å². The predicted octanol–water partition coefficient (Wildman–Crippen LogP) is 3.69. The van der Waals surface area contributed by atoms with Gasteiger partial charge in [0.15, 0.2) is 0 Å². The Morgan fingerprint density at radius 2 is 1.86 bits per heavy atom. The Morgan fingerprint density at radius 1 is 1.17 bits per heavy atom. The summed E-state index contributed by atoms with van der Waals surface area (Å²) < 4.78 is 23.9. The van der Waals surface area contributed by atoms with E-state index in [4.69, 9.17) is 15.2 Å². The van der Waals surface area contributed by atoms with Gasteiger partial charge in [0.1, 0.15) is 46.6 Å². The molecule has 2 aliphatic rings. The van der Waals surface area contributed by atoms with Crippen molar-refractivity contribution in [2.75, 3.05) is 24.7 Å². The third kappa shape index (κ3) is 4.00. The van der Waals surface area contributed by atoms with E-state index in [-0.39, 0.29) is 17.5 Å². The Labute approximate surface area is 172 Å². The van der Waals surface area contributed by atoms with Gasteiger partial charge in [-0.05, 0) is 17.7 Å². The maximum atomic E-state index is 13.0. The molecule has 6 nitrogen and oxygen atoms in total. The maximum absolute atomic E-state index is 13.0. The molecule has 0 atom stereocenters. The number of ether oxygens (including phenoxy) is 2. The number of nitrogen functional groups attached to an aromatic ring is 1. The number of nitriles is 2. The standard InChI is InChI=1S/C21H19FN4O2S/c22-14-5-16(6-14)28-15-3-1-13(2-4-15)19-17(7-23)20(25)26-21(18(19)8-24)29-11-12-9-27-10-12/h1-4,12,14,16H,5-6,9-11H2,(H2,25,26). The molecule has 1 aliphatic carbocycles. The van der Waals surface area contributed by atoms with E-state index < -0.39 is 6.17 Å². The van der Waals surface area contributed by atoms with E-state index in [0.29, 0.717) is 59.4 Å². The van der Waals surface area contributed by atoms with Crippen LogP contribution < -0.4 is 10.5 Å². The number of alkyl halides is 1. The van der Waals surface area contributed by atoms with Crippen LogP contribution in [0.2, 0.25) is 0 Å². The number of rotatable bonds is 6. The van der Waals surface area contributed by atoms with Crippen molar-refractivity contribution >= 4 is 17.6 Å². The van der Waals surface area contributed by atoms with Crippen molar-refractivity contribution in [3.8, 4) is 29.0 Å². The van der Waals surface area contributed by atoms with E-state index in [9.17, 15) is 14.9 Å². The lowest BCUT2D eigenvalue weighted by atomic mass is 9.93. The van der Waals surface area contributed by atoms with Gasteiger partial charge in [-0.3, -0.25) is 0 Å². The molecule has 2 N–H and O–H groups in total. The van der Waals surface area contributed by atoms with Crippen LogP contribution in [0.5, 0.6) is 5.75 Å². The van der Waals surface area contributed by atoms with Crippen LogP contribution in [0.1, 0.15) is 24.0 Å². The molecule has 0 unspecified atom stereocenters. The van der Waals surface area contributed by atoms with Crippen molar-refractivity contribution in [3.63, 3.8) is 0 Å². The number of hydrogen-bond acceptors (Lipinski definition) is 7. The van der Waals surface area contributed by atoms with Crippen molar-refractivity contribution in [3.05, 3.63) is 35.4 Å². The van der Waals surface area contributed by atoms with Crippen LogP contribution in [-0.2, 0) is 4.74 Å². The fourth-order valence-corrected chi connectivity index (χ4v) is 4.30. The number of benzene rings is 1. The Balaban J connectivity index is 1.64. The highest BCUT2D eigenvalue weighted by Crippen LogP contribution is 2.37. The summed E-state index contributed by atoms with van der Waals surface area (Å²) in [5, 5.41) is 19.9. The van der Waals surface area contributed by atoms with E-state index in [0.717, 1.165) is 5.75 Å². The van der Waals surface area contributed by atoms with Crippen molar-refractivity contribution in [1.82, 2.24) is 4.98 Å². The summed E-state index contributed by atoms with van der Waals surface area (Å²) in [6, 6.07) is 11.4. The van der Waals surface area contributed by atoms with Crippen LogP contribution >= 0.6 is 11.8 Å². The van der Waals surface area contributed by atoms with Crippen molar-refractivity contribution < 1.29 is 13.9 Å². The van der Waals surface area contributed by atoms with Gasteiger partial charge in [-0.2, -0.15) is 10.5 Å². The summed E-state index contributed by atoms with van der Waals surface area (Å²) >= 11 is 1.46. The number of pyridine rings is 1. The highest BCUT2D eigenvalue weighted by atomic mass is 32.2. The zero-order valence-electron chi connectivity index (χ0n) is 15.6. The second-order valence-electron chi connectivity index (χ2n) is 7.20. The molecule has 0 radical (unpaired) electrons. The van der Waals surface area contributed by atoms with E-state index in [1.165, 1.54) is 11.8 Å². The summed E-state index contributed by atoms with van der Waals surface area (Å²) in [5.74, 6) is 1.94. The lowest BCUT2D eigenvalue weighted by Gasteiger charge is -2.30. The van der Waals surface area contributed by atoms with Gasteiger partial charge in [-0.25, -0.2) is 9.37 Å². The highest BCUT2D eigenvalue weighted by molar-refractivity contribution is 7.99. The molecule has 4 rings (SSSR count). The van der Waals surface area contributed by atoms with Gasteiger partial charge in [0.25, 0.3) is 0 Å². The number of anilines is 1. The Morgan fingerprint density at radius 3 is 2.41 bits per heavy atom. The molecule has 1 aromatic heterocycles. The summed E-state index contributed by atoms with van der Waals surface area (Å²) in [6.45, 7) is 1.41. The van der Waals surface area contributed by atoms with Gasteiger partial charge in [-0.1, -0.05) is 12.1 Å². The first kappa shape index (κ1) is 19.5. The quantitative estimate of drug-likeness (QED) is 0.724. The number of nitrogens with two attached hydrogens (primary N) is 1. The molecular weight excluding hydrogens is 391 g/mol. The molecule has 148 valence electrons. The number of aromatic nitrogens is 1. The van der Waals surface area contributed by atoms with E-state index in [2.05, 4.69) is 17.1 Å². The van der Waals surface area contributed by atoms with Crippen LogP contribution in [0.4, 0.5) is 10.2 Å². The second-order valence-corrected chi connectivity index (χ2v) is 8.21. The van der Waals surface area contributed by atoms with E-state index in [1.54, 1.807) is 24.3 Å². The van der Waals surface area contributed by atoms with Gasteiger partial charge >= 0.3 is 0 Å². The van der Waals surface area contributed by atoms with Crippen molar-refractivity contribution in [2.45, 2.75) is 30.1 Å². The van der Waals surface area contributed by atoms with Gasteiger partial charge in [0.05, 0.1) is 18.8 Å². The summed E-state index contributed by atoms with van der Waals surface area (Å²) in [5.41, 5.74) is 7.73. The number of thioether (sulfide) groups is 1. The fourth-order valence-electron chi connectivity index (χ4n) is 3.26. The zero-order chi connectivity index (χ0) is 20.4. The lowest BCUT2D eigenvalue weighted by Crippen LogP contribution is -2.34. The first-order valence-electron chi connectivity index (χ1n) is 9.34. The summed E-state index contributed by atoms with van der Waals surface area (Å²) in [4.78, 5) is 4.31. The molecule has 1 saturated carbocycles. The number of nitrogens with zero attached hydrogens (tertiary/aromatic N) is 3.